The normalized spacial score (nSPS) is 12.3. The van der Waals surface area contributed by atoms with Gasteiger partial charge in [-0.15, -0.1) is 0 Å². The van der Waals surface area contributed by atoms with Crippen molar-refractivity contribution >= 4 is 11.6 Å². The average Bonchev–Trinajstić information content (AvgIpc) is 2.57. The Morgan fingerprint density at radius 3 is 2.52 bits per heavy atom. The predicted octanol–water partition coefficient (Wildman–Crippen LogP) is 3.89. The Labute approximate surface area is 153 Å². The summed E-state index contributed by atoms with van der Waals surface area (Å²) in [7, 11) is 7.09. The summed E-state index contributed by atoms with van der Waals surface area (Å²) >= 11 is 6.24. The first-order valence-electron chi connectivity index (χ1n) is 7.99. The van der Waals surface area contributed by atoms with Gasteiger partial charge in [-0.05, 0) is 49.5 Å². The molecule has 0 aromatic heterocycles. The molecule has 0 aliphatic heterocycles. The van der Waals surface area contributed by atoms with Gasteiger partial charge in [0.05, 0.1) is 19.2 Å². The minimum Gasteiger partial charge on any atom is -0.493 e. The van der Waals surface area contributed by atoms with Gasteiger partial charge in [0.1, 0.15) is 5.82 Å². The lowest BCUT2D eigenvalue weighted by Gasteiger charge is -2.25. The second-order valence-electron chi connectivity index (χ2n) is 5.98. The molecule has 2 aromatic carbocycles. The number of halogens is 2. The number of nitrogens with zero attached hydrogens (tertiary/aromatic N) is 1. The molecule has 0 amide bonds. The number of hydrogen-bond acceptors (Lipinski definition) is 4. The Kier molecular flexibility index (Phi) is 7.05. The van der Waals surface area contributed by atoms with Crippen LogP contribution in [0.4, 0.5) is 4.39 Å². The fourth-order valence-electron chi connectivity index (χ4n) is 2.74. The highest BCUT2D eigenvalue weighted by Gasteiger charge is 2.15. The van der Waals surface area contributed by atoms with Crippen molar-refractivity contribution in [3.05, 3.63) is 58.4 Å². The number of methoxy groups -OCH3 is 2. The molecule has 136 valence electrons. The van der Waals surface area contributed by atoms with Crippen molar-refractivity contribution in [3.63, 3.8) is 0 Å². The quantitative estimate of drug-likeness (QED) is 0.768. The molecule has 2 rings (SSSR count). The molecule has 0 spiro atoms. The van der Waals surface area contributed by atoms with Crippen LogP contribution < -0.4 is 14.8 Å². The van der Waals surface area contributed by atoms with Crippen LogP contribution >= 0.6 is 11.6 Å². The molecule has 0 bridgehead atoms. The first-order valence-corrected chi connectivity index (χ1v) is 8.37. The maximum Gasteiger partial charge on any atom is 0.179 e. The number of hydrogen-bond donors (Lipinski definition) is 1. The van der Waals surface area contributed by atoms with Crippen LogP contribution in [0.15, 0.2) is 36.4 Å². The highest BCUT2D eigenvalue weighted by atomic mass is 35.5. The van der Waals surface area contributed by atoms with Gasteiger partial charge in [0.15, 0.2) is 11.5 Å². The van der Waals surface area contributed by atoms with Crippen LogP contribution in [0.2, 0.25) is 5.02 Å². The molecular weight excluding hydrogens is 343 g/mol. The van der Waals surface area contributed by atoms with Gasteiger partial charge in [0.2, 0.25) is 0 Å². The second-order valence-corrected chi connectivity index (χ2v) is 6.39. The summed E-state index contributed by atoms with van der Waals surface area (Å²) in [5.74, 6) is 0.899. The summed E-state index contributed by atoms with van der Waals surface area (Å²) in [6.45, 7) is 1.28. The first-order chi connectivity index (χ1) is 12.0. The fourth-order valence-corrected chi connectivity index (χ4v) is 3.05. The summed E-state index contributed by atoms with van der Waals surface area (Å²) in [5, 5.41) is 3.91. The standard InChI is InChI=1S/C19H24ClFN2O2/c1-23(2)17(14-6-5-7-15(21)10-14)12-22-11-13-8-16(20)19(25-4)18(9-13)24-3/h5-10,17,22H,11-12H2,1-4H3. The Morgan fingerprint density at radius 2 is 1.92 bits per heavy atom. The fraction of sp³-hybridized carbons (Fsp3) is 0.368. The molecule has 0 saturated carbocycles. The van der Waals surface area contributed by atoms with Crippen molar-refractivity contribution in [2.75, 3.05) is 34.9 Å². The van der Waals surface area contributed by atoms with Crippen molar-refractivity contribution in [2.24, 2.45) is 0 Å². The zero-order valence-electron chi connectivity index (χ0n) is 15.0. The maximum absolute atomic E-state index is 13.5. The Bertz CT molecular complexity index is 710. The van der Waals surface area contributed by atoms with E-state index in [9.17, 15) is 4.39 Å². The summed E-state index contributed by atoms with van der Waals surface area (Å²) < 4.78 is 24.1. The molecule has 0 radical (unpaired) electrons. The molecule has 0 saturated heterocycles. The van der Waals surface area contributed by atoms with E-state index in [1.807, 2.05) is 32.3 Å². The third-order valence-corrected chi connectivity index (χ3v) is 4.30. The van der Waals surface area contributed by atoms with Gasteiger partial charge in [-0.25, -0.2) is 4.39 Å². The number of benzene rings is 2. The van der Waals surface area contributed by atoms with E-state index in [0.29, 0.717) is 29.6 Å². The van der Waals surface area contributed by atoms with Crippen LogP contribution in [0.3, 0.4) is 0 Å². The van der Waals surface area contributed by atoms with Gasteiger partial charge in [-0.3, -0.25) is 0 Å². The predicted molar refractivity (Wildman–Crippen MR) is 99.1 cm³/mol. The van der Waals surface area contributed by atoms with E-state index in [4.69, 9.17) is 21.1 Å². The molecule has 0 heterocycles. The van der Waals surface area contributed by atoms with E-state index >= 15 is 0 Å². The lowest BCUT2D eigenvalue weighted by atomic mass is 10.1. The molecule has 1 N–H and O–H groups in total. The number of likely N-dealkylation sites (N-methyl/N-ethyl adjacent to an activating group) is 1. The van der Waals surface area contributed by atoms with Gasteiger partial charge >= 0.3 is 0 Å². The molecule has 0 aliphatic carbocycles. The Hall–Kier alpha value is -1.82. The summed E-state index contributed by atoms with van der Waals surface area (Å²) in [5.41, 5.74) is 1.92. The molecule has 6 heteroatoms. The zero-order valence-corrected chi connectivity index (χ0v) is 15.7. The van der Waals surface area contributed by atoms with Gasteiger partial charge in [-0.2, -0.15) is 0 Å². The lowest BCUT2D eigenvalue weighted by molar-refractivity contribution is 0.287. The van der Waals surface area contributed by atoms with E-state index in [-0.39, 0.29) is 11.9 Å². The van der Waals surface area contributed by atoms with Gasteiger partial charge in [-0.1, -0.05) is 23.7 Å². The van der Waals surface area contributed by atoms with E-state index in [1.54, 1.807) is 26.4 Å². The topological polar surface area (TPSA) is 33.7 Å². The van der Waals surface area contributed by atoms with E-state index in [1.165, 1.54) is 6.07 Å². The third kappa shape index (κ3) is 5.08. The SMILES string of the molecule is COc1cc(CNCC(c2cccc(F)c2)N(C)C)cc(Cl)c1OC. The first kappa shape index (κ1) is 19.5. The van der Waals surface area contributed by atoms with E-state index in [0.717, 1.165) is 11.1 Å². The van der Waals surface area contributed by atoms with E-state index in [2.05, 4.69) is 10.2 Å². The monoisotopic (exact) mass is 366 g/mol. The maximum atomic E-state index is 13.5. The van der Waals surface area contributed by atoms with Crippen LogP contribution in [0.5, 0.6) is 11.5 Å². The van der Waals surface area contributed by atoms with Crippen molar-refractivity contribution < 1.29 is 13.9 Å². The third-order valence-electron chi connectivity index (χ3n) is 4.02. The summed E-state index contributed by atoms with van der Waals surface area (Å²) in [6, 6.07) is 10.5. The van der Waals surface area contributed by atoms with Crippen molar-refractivity contribution in [1.82, 2.24) is 10.2 Å². The van der Waals surface area contributed by atoms with Crippen LogP contribution in [0.1, 0.15) is 17.2 Å². The minimum atomic E-state index is -0.226. The highest BCUT2D eigenvalue weighted by molar-refractivity contribution is 6.32. The minimum absolute atomic E-state index is 0.0614. The van der Waals surface area contributed by atoms with E-state index < -0.39 is 0 Å². The summed E-state index contributed by atoms with van der Waals surface area (Å²) in [6.07, 6.45) is 0. The number of ether oxygens (including phenoxy) is 2. The molecule has 1 atom stereocenters. The summed E-state index contributed by atoms with van der Waals surface area (Å²) in [4.78, 5) is 2.06. The molecule has 0 aliphatic rings. The van der Waals surface area contributed by atoms with Crippen molar-refractivity contribution in [1.29, 1.82) is 0 Å². The molecular formula is C19H24ClFN2O2. The highest BCUT2D eigenvalue weighted by Crippen LogP contribution is 2.36. The lowest BCUT2D eigenvalue weighted by Crippen LogP contribution is -2.30. The largest absolute Gasteiger partial charge is 0.493 e. The van der Waals surface area contributed by atoms with Crippen LogP contribution in [-0.2, 0) is 6.54 Å². The number of rotatable bonds is 8. The van der Waals surface area contributed by atoms with Gasteiger partial charge in [0, 0.05) is 19.1 Å². The molecule has 1 unspecified atom stereocenters. The average molecular weight is 367 g/mol. The zero-order chi connectivity index (χ0) is 18.4. The van der Waals surface area contributed by atoms with Gasteiger partial charge < -0.3 is 19.7 Å². The smallest absolute Gasteiger partial charge is 0.179 e. The van der Waals surface area contributed by atoms with Crippen molar-refractivity contribution in [3.8, 4) is 11.5 Å². The Morgan fingerprint density at radius 1 is 1.16 bits per heavy atom. The molecule has 25 heavy (non-hydrogen) atoms. The van der Waals surface area contributed by atoms with Crippen LogP contribution in [-0.4, -0.2) is 39.8 Å². The molecule has 2 aromatic rings. The van der Waals surface area contributed by atoms with Crippen LogP contribution in [0, 0.1) is 5.82 Å². The molecule has 4 nitrogen and oxygen atoms in total. The van der Waals surface area contributed by atoms with Crippen LogP contribution in [0.25, 0.3) is 0 Å². The molecule has 0 fully saturated rings. The van der Waals surface area contributed by atoms with Crippen molar-refractivity contribution in [2.45, 2.75) is 12.6 Å². The second kappa shape index (κ2) is 9.04. The Balaban J connectivity index is 2.06. The van der Waals surface area contributed by atoms with Gasteiger partial charge in [0.25, 0.3) is 0 Å². The number of nitrogens with one attached hydrogen (secondary N) is 1.